The van der Waals surface area contributed by atoms with E-state index in [0.717, 1.165) is 0 Å². The lowest BCUT2D eigenvalue weighted by Crippen LogP contribution is -2.48. The first-order chi connectivity index (χ1) is 7.88. The van der Waals surface area contributed by atoms with Crippen LogP contribution in [0.3, 0.4) is 0 Å². The Morgan fingerprint density at radius 2 is 1.94 bits per heavy atom. The summed E-state index contributed by atoms with van der Waals surface area (Å²) in [4.78, 5) is 22.8. The van der Waals surface area contributed by atoms with Gasteiger partial charge in [0.1, 0.15) is 0 Å². The Labute approximate surface area is 102 Å². The van der Waals surface area contributed by atoms with Crippen LogP contribution in [0.15, 0.2) is 0 Å². The van der Waals surface area contributed by atoms with E-state index in [1.165, 1.54) is 0 Å². The molecule has 0 aliphatic carbocycles. The fraction of sp³-hybridized carbons (Fsp3) is 0.727. The van der Waals surface area contributed by atoms with Crippen LogP contribution in [0.4, 0.5) is 0 Å². The molecule has 0 saturated carbocycles. The van der Waals surface area contributed by atoms with Gasteiger partial charge in [-0.05, 0) is 12.8 Å². The van der Waals surface area contributed by atoms with E-state index in [1.807, 2.05) is 19.9 Å². The summed E-state index contributed by atoms with van der Waals surface area (Å²) in [6.07, 6.45) is 0.241. The van der Waals surface area contributed by atoms with Crippen molar-refractivity contribution >= 4 is 11.8 Å². The summed E-state index contributed by atoms with van der Waals surface area (Å²) in [5.41, 5.74) is 5.61. The van der Waals surface area contributed by atoms with Crippen molar-refractivity contribution in [2.24, 2.45) is 11.7 Å². The molecule has 0 rings (SSSR count). The van der Waals surface area contributed by atoms with Crippen molar-refractivity contribution in [3.63, 3.8) is 0 Å². The highest BCUT2D eigenvalue weighted by Gasteiger charge is 2.17. The minimum Gasteiger partial charge on any atom is -0.351 e. The zero-order valence-corrected chi connectivity index (χ0v) is 10.5. The van der Waals surface area contributed by atoms with E-state index in [-0.39, 0.29) is 36.7 Å². The minimum absolute atomic E-state index is 0.0237. The molecule has 0 saturated heterocycles. The van der Waals surface area contributed by atoms with Crippen molar-refractivity contribution in [3.05, 3.63) is 0 Å². The van der Waals surface area contributed by atoms with E-state index in [4.69, 9.17) is 11.0 Å². The smallest absolute Gasteiger partial charge is 0.239 e. The van der Waals surface area contributed by atoms with Crippen LogP contribution >= 0.6 is 0 Å². The molecule has 0 aromatic carbocycles. The van der Waals surface area contributed by atoms with E-state index in [0.29, 0.717) is 0 Å². The molecule has 0 aromatic heterocycles. The fourth-order valence-corrected chi connectivity index (χ4v) is 1.10. The van der Waals surface area contributed by atoms with Crippen LogP contribution in [0.1, 0.15) is 27.2 Å². The first-order valence-corrected chi connectivity index (χ1v) is 5.58. The zero-order chi connectivity index (χ0) is 13.4. The molecule has 6 nitrogen and oxygen atoms in total. The number of carbonyl (C=O) groups excluding carboxylic acids is 2. The number of nitriles is 1. The van der Waals surface area contributed by atoms with E-state index < -0.39 is 6.04 Å². The summed E-state index contributed by atoms with van der Waals surface area (Å²) in [6.45, 7) is 5.27. The molecule has 0 aliphatic rings. The van der Waals surface area contributed by atoms with E-state index in [9.17, 15) is 9.59 Å². The van der Waals surface area contributed by atoms with Crippen LogP contribution in [0, 0.1) is 17.2 Å². The highest BCUT2D eigenvalue weighted by atomic mass is 16.2. The highest BCUT2D eigenvalue weighted by Crippen LogP contribution is 1.97. The molecule has 0 heterocycles. The summed E-state index contributed by atoms with van der Waals surface area (Å²) < 4.78 is 0. The Morgan fingerprint density at radius 3 is 2.41 bits per heavy atom. The summed E-state index contributed by atoms with van der Waals surface area (Å²) in [5.74, 6) is -0.643. The van der Waals surface area contributed by atoms with Crippen LogP contribution in [-0.4, -0.2) is 30.4 Å². The molecule has 4 N–H and O–H groups in total. The number of nitrogens with zero attached hydrogens (tertiary/aromatic N) is 1. The third kappa shape index (κ3) is 6.53. The van der Waals surface area contributed by atoms with Gasteiger partial charge in [-0.25, -0.2) is 0 Å². The number of hydrogen-bond acceptors (Lipinski definition) is 4. The number of hydrogen-bond donors (Lipinski definition) is 3. The van der Waals surface area contributed by atoms with Crippen molar-refractivity contribution in [2.75, 3.05) is 6.54 Å². The Bertz CT molecular complexity index is 309. The molecular formula is C11H20N4O2. The lowest BCUT2D eigenvalue weighted by molar-refractivity contribution is -0.127. The Morgan fingerprint density at radius 1 is 1.35 bits per heavy atom. The SMILES string of the molecule is CC(CC#N)NC(=O)CNC(=O)[C@@H](N)C(C)C. The van der Waals surface area contributed by atoms with Crippen LogP contribution in [-0.2, 0) is 9.59 Å². The number of nitrogens with one attached hydrogen (secondary N) is 2. The van der Waals surface area contributed by atoms with Gasteiger partial charge in [0, 0.05) is 6.04 Å². The molecule has 0 aromatic rings. The molecule has 0 spiro atoms. The van der Waals surface area contributed by atoms with Crippen LogP contribution in [0.5, 0.6) is 0 Å². The predicted molar refractivity (Wildman–Crippen MR) is 63.7 cm³/mol. The summed E-state index contributed by atoms with van der Waals surface area (Å²) in [7, 11) is 0. The van der Waals surface area contributed by atoms with Gasteiger partial charge in [-0.1, -0.05) is 13.8 Å². The average molecular weight is 240 g/mol. The predicted octanol–water partition coefficient (Wildman–Crippen LogP) is -0.496. The summed E-state index contributed by atoms with van der Waals surface area (Å²) >= 11 is 0. The highest BCUT2D eigenvalue weighted by molar-refractivity contribution is 5.87. The quantitative estimate of drug-likeness (QED) is 0.581. The van der Waals surface area contributed by atoms with Gasteiger partial charge in [0.2, 0.25) is 11.8 Å². The largest absolute Gasteiger partial charge is 0.351 e. The molecule has 1 unspecified atom stereocenters. The molecular weight excluding hydrogens is 220 g/mol. The Kier molecular flexibility index (Phi) is 6.91. The van der Waals surface area contributed by atoms with Crippen molar-refractivity contribution in [2.45, 2.75) is 39.3 Å². The molecule has 2 amide bonds. The van der Waals surface area contributed by atoms with Crippen LogP contribution in [0.25, 0.3) is 0 Å². The Balaban J connectivity index is 3.93. The van der Waals surface area contributed by atoms with Crippen molar-refractivity contribution in [1.82, 2.24) is 10.6 Å². The van der Waals surface area contributed by atoms with Gasteiger partial charge in [-0.3, -0.25) is 9.59 Å². The number of nitrogens with two attached hydrogens (primary N) is 1. The second-order valence-electron chi connectivity index (χ2n) is 4.32. The Hall–Kier alpha value is -1.61. The lowest BCUT2D eigenvalue weighted by Gasteiger charge is -2.16. The molecule has 0 bridgehead atoms. The molecule has 96 valence electrons. The first-order valence-electron chi connectivity index (χ1n) is 5.58. The maximum absolute atomic E-state index is 11.4. The second kappa shape index (κ2) is 7.63. The maximum Gasteiger partial charge on any atom is 0.239 e. The van der Waals surface area contributed by atoms with Gasteiger partial charge >= 0.3 is 0 Å². The topological polar surface area (TPSA) is 108 Å². The third-order valence-electron chi connectivity index (χ3n) is 2.25. The van der Waals surface area contributed by atoms with Gasteiger partial charge in [0.15, 0.2) is 0 Å². The summed E-state index contributed by atoms with van der Waals surface area (Å²) in [5, 5.41) is 13.5. The molecule has 17 heavy (non-hydrogen) atoms. The van der Waals surface area contributed by atoms with Gasteiger partial charge < -0.3 is 16.4 Å². The van der Waals surface area contributed by atoms with Gasteiger partial charge in [-0.2, -0.15) is 5.26 Å². The van der Waals surface area contributed by atoms with E-state index >= 15 is 0 Å². The average Bonchev–Trinajstić information content (AvgIpc) is 2.24. The standard InChI is InChI=1S/C11H20N4O2/c1-7(2)10(13)11(17)14-6-9(16)15-8(3)4-5-12/h7-8,10H,4,6,13H2,1-3H3,(H,14,17)(H,15,16)/t8?,10-/m0/s1. The second-order valence-corrected chi connectivity index (χ2v) is 4.32. The molecule has 6 heteroatoms. The number of carbonyl (C=O) groups is 2. The fourth-order valence-electron chi connectivity index (χ4n) is 1.10. The van der Waals surface area contributed by atoms with Crippen molar-refractivity contribution < 1.29 is 9.59 Å². The monoisotopic (exact) mass is 240 g/mol. The van der Waals surface area contributed by atoms with Gasteiger partial charge in [0.25, 0.3) is 0 Å². The van der Waals surface area contributed by atoms with Gasteiger partial charge in [0.05, 0.1) is 25.1 Å². The van der Waals surface area contributed by atoms with Crippen LogP contribution in [0.2, 0.25) is 0 Å². The number of amides is 2. The molecule has 0 fully saturated rings. The maximum atomic E-state index is 11.4. The molecule has 0 aliphatic heterocycles. The molecule has 2 atom stereocenters. The molecule has 0 radical (unpaired) electrons. The lowest BCUT2D eigenvalue weighted by atomic mass is 10.1. The van der Waals surface area contributed by atoms with E-state index in [1.54, 1.807) is 6.92 Å². The number of rotatable bonds is 6. The minimum atomic E-state index is -0.612. The first kappa shape index (κ1) is 15.4. The van der Waals surface area contributed by atoms with E-state index in [2.05, 4.69) is 10.6 Å². The van der Waals surface area contributed by atoms with Crippen LogP contribution < -0.4 is 16.4 Å². The van der Waals surface area contributed by atoms with Crippen molar-refractivity contribution in [3.8, 4) is 6.07 Å². The summed E-state index contributed by atoms with van der Waals surface area (Å²) in [6, 6.07) is 1.12. The van der Waals surface area contributed by atoms with Crippen molar-refractivity contribution in [1.29, 1.82) is 5.26 Å². The zero-order valence-electron chi connectivity index (χ0n) is 10.5. The third-order valence-corrected chi connectivity index (χ3v) is 2.25. The normalized spacial score (nSPS) is 13.6. The van der Waals surface area contributed by atoms with Gasteiger partial charge in [-0.15, -0.1) is 0 Å².